The molecule has 1 aromatic heterocycles. The van der Waals surface area contributed by atoms with Crippen molar-refractivity contribution in [2.75, 3.05) is 6.54 Å². The van der Waals surface area contributed by atoms with Crippen LogP contribution < -0.4 is 20.7 Å². The molecule has 3 rings (SSSR count). The van der Waals surface area contributed by atoms with Gasteiger partial charge in [-0.3, -0.25) is 4.79 Å². The first-order valence-electron chi connectivity index (χ1n) is 8.01. The molecule has 13 heteroatoms. The molecule has 2 heterocycles. The summed E-state index contributed by atoms with van der Waals surface area (Å²) in [4.78, 5) is 30.8. The predicted octanol–water partition coefficient (Wildman–Crippen LogP) is 1.90. The fraction of sp³-hybridized carbons (Fsp3) is 0.250. The highest BCUT2D eigenvalue weighted by Gasteiger charge is 2.31. The molecule has 0 aliphatic carbocycles. The second kappa shape index (κ2) is 8.47. The Kier molecular flexibility index (Phi) is 6.01. The molecule has 1 fully saturated rings. The van der Waals surface area contributed by atoms with Gasteiger partial charge in [0.1, 0.15) is 22.7 Å². The number of alkyl halides is 2. The summed E-state index contributed by atoms with van der Waals surface area (Å²) in [5.74, 6) is -2.85. The van der Waals surface area contributed by atoms with Gasteiger partial charge in [0.2, 0.25) is 5.91 Å². The smallest absolute Gasteiger partial charge is 0.389 e. The number of urea groups is 1. The zero-order valence-corrected chi connectivity index (χ0v) is 15.0. The van der Waals surface area contributed by atoms with Gasteiger partial charge >= 0.3 is 18.7 Å². The van der Waals surface area contributed by atoms with Crippen LogP contribution in [0.3, 0.4) is 0 Å². The number of rotatable bonds is 6. The lowest BCUT2D eigenvalue weighted by Gasteiger charge is -2.22. The highest BCUT2D eigenvalue weighted by atomic mass is 35.5. The third-order valence-corrected chi connectivity index (χ3v) is 4.27. The first kappa shape index (κ1) is 20.6. The summed E-state index contributed by atoms with van der Waals surface area (Å²) in [5, 5.41) is 6.42. The van der Waals surface area contributed by atoms with Gasteiger partial charge in [-0.2, -0.15) is 8.78 Å². The fourth-order valence-electron chi connectivity index (χ4n) is 2.58. The third-order valence-electron chi connectivity index (χ3n) is 3.93. The van der Waals surface area contributed by atoms with Gasteiger partial charge in [0.05, 0.1) is 6.04 Å². The number of carbonyl (C=O) groups excluding carboxylic acids is 2. The average molecular weight is 434 g/mol. The first-order valence-corrected chi connectivity index (χ1v) is 8.39. The Morgan fingerprint density at radius 3 is 2.55 bits per heavy atom. The number of halogens is 5. The van der Waals surface area contributed by atoms with E-state index in [1.165, 1.54) is 0 Å². The van der Waals surface area contributed by atoms with Crippen LogP contribution in [0.2, 0.25) is 5.02 Å². The largest absolute Gasteiger partial charge is 0.401 e. The maximum atomic E-state index is 14.6. The summed E-state index contributed by atoms with van der Waals surface area (Å²) in [7, 11) is 0. The lowest BCUT2D eigenvalue weighted by molar-refractivity contribution is -0.122. The van der Waals surface area contributed by atoms with Crippen LogP contribution in [0, 0.1) is 11.6 Å². The minimum atomic E-state index is -3.15. The zero-order chi connectivity index (χ0) is 21.1. The zero-order valence-electron chi connectivity index (χ0n) is 14.3. The van der Waals surface area contributed by atoms with Gasteiger partial charge in [-0.1, -0.05) is 17.7 Å². The van der Waals surface area contributed by atoms with Crippen LogP contribution in [-0.2, 0) is 4.79 Å². The summed E-state index contributed by atoms with van der Waals surface area (Å²) in [6, 6.07) is -1.47. The van der Waals surface area contributed by atoms with Crippen LogP contribution in [0.25, 0.3) is 0 Å². The number of hydrogen-bond acceptors (Lipinski definition) is 5. The number of benzene rings is 1. The Hall–Kier alpha value is -3.15. The molecule has 2 atom stereocenters. The second-order valence-corrected chi connectivity index (χ2v) is 6.17. The molecule has 0 bridgehead atoms. The van der Waals surface area contributed by atoms with E-state index in [0.29, 0.717) is 0 Å². The quantitative estimate of drug-likeness (QED) is 0.476. The Morgan fingerprint density at radius 1 is 1.28 bits per heavy atom. The first-order chi connectivity index (χ1) is 13.8. The van der Waals surface area contributed by atoms with Crippen molar-refractivity contribution in [3.8, 4) is 6.01 Å². The molecule has 0 saturated carbocycles. The van der Waals surface area contributed by atoms with Crippen molar-refractivity contribution in [1.82, 2.24) is 25.9 Å². The summed E-state index contributed by atoms with van der Waals surface area (Å²) in [6.07, 6.45) is 2.05. The fourth-order valence-corrected chi connectivity index (χ4v) is 2.75. The van der Waals surface area contributed by atoms with Crippen molar-refractivity contribution in [2.24, 2.45) is 0 Å². The number of nitrogens with zero attached hydrogens (tertiary/aromatic N) is 2. The van der Waals surface area contributed by atoms with Gasteiger partial charge in [-0.15, -0.1) is 0 Å². The molecular weight excluding hydrogens is 422 g/mol. The number of amides is 3. The number of nitrogens with one attached hydrogen (secondary N) is 3. The molecule has 3 amide bonds. The van der Waals surface area contributed by atoms with Crippen LogP contribution in [-0.4, -0.2) is 41.1 Å². The molecule has 1 unspecified atom stereocenters. The molecule has 2 aromatic rings. The van der Waals surface area contributed by atoms with Crippen molar-refractivity contribution in [3.63, 3.8) is 0 Å². The van der Waals surface area contributed by atoms with E-state index in [0.717, 1.165) is 24.5 Å². The monoisotopic (exact) mass is 433 g/mol. The Balaban J connectivity index is 1.94. The van der Waals surface area contributed by atoms with Crippen LogP contribution in [0.1, 0.15) is 17.2 Å². The highest BCUT2D eigenvalue weighted by Crippen LogP contribution is 2.30. The SMILES string of the molecule is O=C1NC[C@@H](C(=O)NC(c2cnc(OC(F)F)nc2)c2ccc(F)c(Cl)c2F)N1. The summed E-state index contributed by atoms with van der Waals surface area (Å²) in [6.45, 7) is -3.16. The van der Waals surface area contributed by atoms with Gasteiger partial charge in [0, 0.05) is 30.1 Å². The number of carbonyl (C=O) groups is 2. The lowest BCUT2D eigenvalue weighted by atomic mass is 10.00. The highest BCUT2D eigenvalue weighted by molar-refractivity contribution is 6.31. The van der Waals surface area contributed by atoms with Gasteiger partial charge < -0.3 is 20.7 Å². The molecule has 154 valence electrons. The number of aromatic nitrogens is 2. The molecule has 1 aromatic carbocycles. The maximum absolute atomic E-state index is 14.6. The standard InChI is InChI=1S/C16H12ClF4N5O3/c17-10-8(18)2-1-7(11(10)19)12(26-13(27)9-5-22-15(28)25-9)6-3-23-16(24-4-6)29-14(20)21/h1-4,9,12,14H,5H2,(H,26,27)(H2,22,25,28)/t9-,12?/m0/s1. The van der Waals surface area contributed by atoms with E-state index in [2.05, 4.69) is 30.7 Å². The molecule has 0 spiro atoms. The molecular formula is C16H12ClF4N5O3. The number of ether oxygens (including phenoxy) is 1. The normalized spacial score (nSPS) is 16.9. The molecule has 1 saturated heterocycles. The van der Waals surface area contributed by atoms with Gasteiger partial charge in [0.25, 0.3) is 0 Å². The van der Waals surface area contributed by atoms with Crippen molar-refractivity contribution in [3.05, 3.63) is 52.3 Å². The van der Waals surface area contributed by atoms with E-state index in [4.69, 9.17) is 11.6 Å². The average Bonchev–Trinajstić information content (AvgIpc) is 3.11. The van der Waals surface area contributed by atoms with Crippen LogP contribution in [0.15, 0.2) is 24.5 Å². The van der Waals surface area contributed by atoms with Crippen LogP contribution >= 0.6 is 11.6 Å². The minimum Gasteiger partial charge on any atom is -0.401 e. The van der Waals surface area contributed by atoms with E-state index in [1.807, 2.05) is 0 Å². The van der Waals surface area contributed by atoms with Crippen molar-refractivity contribution < 1.29 is 31.9 Å². The predicted molar refractivity (Wildman–Crippen MR) is 90.3 cm³/mol. The molecule has 29 heavy (non-hydrogen) atoms. The van der Waals surface area contributed by atoms with Crippen LogP contribution in [0.5, 0.6) is 6.01 Å². The Morgan fingerprint density at radius 2 is 1.97 bits per heavy atom. The third kappa shape index (κ3) is 4.65. The van der Waals surface area contributed by atoms with Gasteiger partial charge in [-0.25, -0.2) is 23.5 Å². The van der Waals surface area contributed by atoms with E-state index >= 15 is 0 Å². The van der Waals surface area contributed by atoms with Gasteiger partial charge in [-0.05, 0) is 6.07 Å². The van der Waals surface area contributed by atoms with E-state index < -0.39 is 53.3 Å². The molecule has 1 aliphatic heterocycles. The number of hydrogen-bond donors (Lipinski definition) is 3. The van der Waals surface area contributed by atoms with Gasteiger partial charge in [0.15, 0.2) is 0 Å². The minimum absolute atomic E-state index is 0.0122. The second-order valence-electron chi connectivity index (χ2n) is 5.79. The molecule has 8 nitrogen and oxygen atoms in total. The lowest BCUT2D eigenvalue weighted by Crippen LogP contribution is -2.44. The van der Waals surface area contributed by atoms with E-state index in [-0.39, 0.29) is 17.7 Å². The molecule has 3 N–H and O–H groups in total. The van der Waals surface area contributed by atoms with E-state index in [9.17, 15) is 27.2 Å². The summed E-state index contributed by atoms with van der Waals surface area (Å²) < 4.78 is 56.7. The summed E-state index contributed by atoms with van der Waals surface area (Å²) >= 11 is 5.62. The van der Waals surface area contributed by atoms with Crippen molar-refractivity contribution in [2.45, 2.75) is 18.7 Å². The Bertz CT molecular complexity index is 932. The van der Waals surface area contributed by atoms with E-state index in [1.54, 1.807) is 0 Å². The molecule has 0 radical (unpaired) electrons. The van der Waals surface area contributed by atoms with Crippen molar-refractivity contribution in [1.29, 1.82) is 0 Å². The summed E-state index contributed by atoms with van der Waals surface area (Å²) in [5.41, 5.74) is -0.160. The Labute approximate surface area is 165 Å². The topological polar surface area (TPSA) is 105 Å². The molecule has 1 aliphatic rings. The maximum Gasteiger partial charge on any atom is 0.389 e. The van der Waals surface area contributed by atoms with Crippen molar-refractivity contribution >= 4 is 23.5 Å². The van der Waals surface area contributed by atoms with Crippen LogP contribution in [0.4, 0.5) is 22.4 Å².